The molecule has 0 unspecified atom stereocenters. The van der Waals surface area contributed by atoms with Crippen LogP contribution in [-0.2, 0) is 6.18 Å². The number of anilines is 1. The Morgan fingerprint density at radius 3 is 2.53 bits per heavy atom. The van der Waals surface area contributed by atoms with Crippen LogP contribution in [0.2, 0.25) is 0 Å². The Morgan fingerprint density at radius 1 is 1.29 bits per heavy atom. The number of pyridine rings is 1. The summed E-state index contributed by atoms with van der Waals surface area (Å²) in [6.07, 6.45) is -0.460. The molecular formula is C11H14F3N3. The molecule has 1 aliphatic rings. The van der Waals surface area contributed by atoms with E-state index in [1.807, 2.05) is 0 Å². The summed E-state index contributed by atoms with van der Waals surface area (Å²) in [5.74, 6) is 0. The van der Waals surface area contributed by atoms with Crippen LogP contribution in [0.1, 0.15) is 18.4 Å². The number of nitrogens with two attached hydrogens (primary N) is 1. The number of aromatic nitrogens is 1. The van der Waals surface area contributed by atoms with Crippen molar-refractivity contribution in [2.45, 2.75) is 25.1 Å². The largest absolute Gasteiger partial charge is 0.418 e. The smallest absolute Gasteiger partial charge is 0.370 e. The predicted octanol–water partition coefficient (Wildman–Crippen LogP) is 2.03. The molecule has 0 saturated carbocycles. The SMILES string of the molecule is NC1CCN(c2cnccc2C(F)(F)F)CC1. The lowest BCUT2D eigenvalue weighted by Crippen LogP contribution is -2.40. The van der Waals surface area contributed by atoms with E-state index in [0.717, 1.165) is 6.07 Å². The zero-order valence-electron chi connectivity index (χ0n) is 9.24. The second-order valence-corrected chi connectivity index (χ2v) is 4.22. The topological polar surface area (TPSA) is 42.1 Å². The molecule has 1 fully saturated rings. The summed E-state index contributed by atoms with van der Waals surface area (Å²) in [7, 11) is 0. The molecule has 3 nitrogen and oxygen atoms in total. The summed E-state index contributed by atoms with van der Waals surface area (Å²) in [6, 6.07) is 1.11. The van der Waals surface area contributed by atoms with E-state index in [2.05, 4.69) is 4.98 Å². The van der Waals surface area contributed by atoms with E-state index in [-0.39, 0.29) is 11.7 Å². The highest BCUT2D eigenvalue weighted by atomic mass is 19.4. The van der Waals surface area contributed by atoms with Crippen molar-refractivity contribution in [1.82, 2.24) is 4.98 Å². The molecule has 17 heavy (non-hydrogen) atoms. The molecule has 1 aromatic heterocycles. The number of rotatable bonds is 1. The molecule has 2 heterocycles. The lowest BCUT2D eigenvalue weighted by molar-refractivity contribution is -0.137. The van der Waals surface area contributed by atoms with Gasteiger partial charge in [0.15, 0.2) is 0 Å². The minimum atomic E-state index is -4.34. The average Bonchev–Trinajstić information content (AvgIpc) is 2.29. The van der Waals surface area contributed by atoms with E-state index in [1.165, 1.54) is 12.4 Å². The van der Waals surface area contributed by atoms with E-state index >= 15 is 0 Å². The van der Waals surface area contributed by atoms with Gasteiger partial charge in [-0.15, -0.1) is 0 Å². The van der Waals surface area contributed by atoms with Gasteiger partial charge < -0.3 is 10.6 Å². The van der Waals surface area contributed by atoms with Crippen LogP contribution in [0.4, 0.5) is 18.9 Å². The van der Waals surface area contributed by atoms with Gasteiger partial charge in [-0.2, -0.15) is 13.2 Å². The van der Waals surface area contributed by atoms with E-state index in [9.17, 15) is 13.2 Å². The molecule has 2 N–H and O–H groups in total. The first-order valence-electron chi connectivity index (χ1n) is 5.50. The number of hydrogen-bond acceptors (Lipinski definition) is 3. The summed E-state index contributed by atoms with van der Waals surface area (Å²) < 4.78 is 38.4. The maximum Gasteiger partial charge on any atom is 0.418 e. The molecule has 1 aromatic rings. The van der Waals surface area contributed by atoms with Crippen molar-refractivity contribution in [3.8, 4) is 0 Å². The summed E-state index contributed by atoms with van der Waals surface area (Å²) in [5.41, 5.74) is 5.27. The number of piperidine rings is 1. The van der Waals surface area contributed by atoms with E-state index < -0.39 is 11.7 Å². The standard InChI is InChI=1S/C11H14F3N3/c12-11(13,14)9-1-4-16-7-10(9)17-5-2-8(15)3-6-17/h1,4,7-8H,2-3,5-6,15H2. The third-order valence-corrected chi connectivity index (χ3v) is 2.99. The van der Waals surface area contributed by atoms with Crippen LogP contribution in [0.15, 0.2) is 18.5 Å². The molecule has 0 atom stereocenters. The Labute approximate surface area is 97.4 Å². The minimum Gasteiger partial charge on any atom is -0.370 e. The predicted molar refractivity (Wildman–Crippen MR) is 58.7 cm³/mol. The van der Waals surface area contributed by atoms with Crippen LogP contribution in [0.5, 0.6) is 0 Å². The molecule has 0 aromatic carbocycles. The molecular weight excluding hydrogens is 231 g/mol. The van der Waals surface area contributed by atoms with Crippen molar-refractivity contribution in [1.29, 1.82) is 0 Å². The highest BCUT2D eigenvalue weighted by Crippen LogP contribution is 2.36. The van der Waals surface area contributed by atoms with Crippen molar-refractivity contribution >= 4 is 5.69 Å². The average molecular weight is 245 g/mol. The zero-order valence-corrected chi connectivity index (χ0v) is 9.24. The monoisotopic (exact) mass is 245 g/mol. The fraction of sp³-hybridized carbons (Fsp3) is 0.545. The normalized spacial score (nSPS) is 18.5. The van der Waals surface area contributed by atoms with Crippen LogP contribution in [0.25, 0.3) is 0 Å². The number of hydrogen-bond donors (Lipinski definition) is 1. The third-order valence-electron chi connectivity index (χ3n) is 2.99. The second kappa shape index (κ2) is 4.52. The molecule has 2 rings (SSSR count). The molecule has 94 valence electrons. The molecule has 0 radical (unpaired) electrons. The Bertz CT molecular complexity index is 384. The zero-order chi connectivity index (χ0) is 12.5. The van der Waals surface area contributed by atoms with Crippen molar-refractivity contribution in [2.75, 3.05) is 18.0 Å². The van der Waals surface area contributed by atoms with Gasteiger partial charge in [-0.25, -0.2) is 0 Å². The van der Waals surface area contributed by atoms with Crippen LogP contribution in [-0.4, -0.2) is 24.1 Å². The lowest BCUT2D eigenvalue weighted by Gasteiger charge is -2.33. The number of alkyl halides is 3. The Balaban J connectivity index is 2.26. The summed E-state index contributed by atoms with van der Waals surface area (Å²) >= 11 is 0. The third kappa shape index (κ3) is 2.69. The van der Waals surface area contributed by atoms with Crippen LogP contribution in [0.3, 0.4) is 0 Å². The quantitative estimate of drug-likeness (QED) is 0.823. The molecule has 0 bridgehead atoms. The van der Waals surface area contributed by atoms with Gasteiger partial charge in [0.05, 0.1) is 17.4 Å². The Hall–Kier alpha value is -1.30. The maximum absolute atomic E-state index is 12.8. The molecule has 0 amide bonds. The van der Waals surface area contributed by atoms with Crippen molar-refractivity contribution < 1.29 is 13.2 Å². The van der Waals surface area contributed by atoms with Gasteiger partial charge in [0.2, 0.25) is 0 Å². The molecule has 0 aliphatic carbocycles. The second-order valence-electron chi connectivity index (χ2n) is 4.22. The van der Waals surface area contributed by atoms with Crippen LogP contribution < -0.4 is 10.6 Å². The van der Waals surface area contributed by atoms with Crippen molar-refractivity contribution in [2.24, 2.45) is 5.73 Å². The lowest BCUT2D eigenvalue weighted by atomic mass is 10.0. The van der Waals surface area contributed by atoms with Gasteiger partial charge in [-0.3, -0.25) is 4.98 Å². The van der Waals surface area contributed by atoms with Gasteiger partial charge in [0.25, 0.3) is 0 Å². The molecule has 6 heteroatoms. The van der Waals surface area contributed by atoms with Gasteiger partial charge in [0.1, 0.15) is 0 Å². The fourth-order valence-corrected chi connectivity index (χ4v) is 2.02. The van der Waals surface area contributed by atoms with Gasteiger partial charge in [-0.05, 0) is 18.9 Å². The van der Waals surface area contributed by atoms with Crippen LogP contribution in [0, 0.1) is 0 Å². The van der Waals surface area contributed by atoms with Crippen LogP contribution >= 0.6 is 0 Å². The van der Waals surface area contributed by atoms with Crippen molar-refractivity contribution in [3.05, 3.63) is 24.0 Å². The number of halogens is 3. The maximum atomic E-state index is 12.8. The van der Waals surface area contributed by atoms with Gasteiger partial charge in [0, 0.05) is 25.3 Å². The highest BCUT2D eigenvalue weighted by Gasteiger charge is 2.35. The molecule has 1 aliphatic heterocycles. The van der Waals surface area contributed by atoms with Gasteiger partial charge in [-0.1, -0.05) is 0 Å². The van der Waals surface area contributed by atoms with E-state index in [4.69, 9.17) is 5.73 Å². The summed E-state index contributed by atoms with van der Waals surface area (Å²) in [6.45, 7) is 1.10. The Morgan fingerprint density at radius 2 is 1.94 bits per heavy atom. The first-order chi connectivity index (χ1) is 7.98. The van der Waals surface area contributed by atoms with Gasteiger partial charge >= 0.3 is 6.18 Å². The summed E-state index contributed by atoms with van der Waals surface area (Å²) in [4.78, 5) is 5.49. The highest BCUT2D eigenvalue weighted by molar-refractivity contribution is 5.53. The summed E-state index contributed by atoms with van der Waals surface area (Å²) in [5, 5.41) is 0. The molecule has 1 saturated heterocycles. The number of nitrogens with zero attached hydrogens (tertiary/aromatic N) is 2. The fourth-order valence-electron chi connectivity index (χ4n) is 2.02. The van der Waals surface area contributed by atoms with E-state index in [1.54, 1.807) is 4.90 Å². The Kier molecular flexibility index (Phi) is 3.24. The first kappa shape index (κ1) is 12.2. The van der Waals surface area contributed by atoms with Crippen molar-refractivity contribution in [3.63, 3.8) is 0 Å². The first-order valence-corrected chi connectivity index (χ1v) is 5.50. The molecule has 0 spiro atoms. The minimum absolute atomic E-state index is 0.0947. The van der Waals surface area contributed by atoms with E-state index in [0.29, 0.717) is 25.9 Å².